The summed E-state index contributed by atoms with van der Waals surface area (Å²) in [5, 5.41) is 20.9. The Morgan fingerprint density at radius 3 is 2.41 bits per heavy atom. The molecule has 170 valence electrons. The molecule has 2 aromatic carbocycles. The fourth-order valence-electron chi connectivity index (χ4n) is 3.79. The Morgan fingerprint density at radius 2 is 1.78 bits per heavy atom. The number of rotatable bonds is 7. The molecular weight excluding hydrogens is 410 g/mol. The zero-order valence-corrected chi connectivity index (χ0v) is 19.0. The fourth-order valence-corrected chi connectivity index (χ4v) is 3.79. The molecule has 2 N–H and O–H groups in total. The molecule has 1 heterocycles. The number of phenols is 1. The minimum Gasteiger partial charge on any atom is -0.504 e. The number of carbonyl (C=O) groups excluding carboxylic acids is 2. The highest BCUT2D eigenvalue weighted by Gasteiger charge is 2.46. The van der Waals surface area contributed by atoms with Gasteiger partial charge in [-0.1, -0.05) is 45.0 Å². The molecule has 1 unspecified atom stereocenters. The highest BCUT2D eigenvalue weighted by molar-refractivity contribution is 6.10. The summed E-state index contributed by atoms with van der Waals surface area (Å²) >= 11 is 0. The van der Waals surface area contributed by atoms with Crippen LogP contribution in [0.25, 0.3) is 0 Å². The molecule has 0 aliphatic carbocycles. The van der Waals surface area contributed by atoms with Crippen molar-refractivity contribution < 1.29 is 29.3 Å². The van der Waals surface area contributed by atoms with Crippen molar-refractivity contribution in [1.82, 2.24) is 4.90 Å². The second kappa shape index (κ2) is 8.94. The molecule has 1 aliphatic rings. The Hall–Kier alpha value is -3.48. The first-order valence-electron chi connectivity index (χ1n) is 10.5. The maximum absolute atomic E-state index is 13.3. The Balaban J connectivity index is 2.15. The monoisotopic (exact) mass is 439 g/mol. The minimum atomic E-state index is -0.848. The van der Waals surface area contributed by atoms with Crippen molar-refractivity contribution in [2.45, 2.75) is 40.3 Å². The standard InChI is InChI=1S/C25H29NO6/c1-6-32-19-13-15(11-12-17(19)27)21-20(23(29)25(2,3)4)22(28)24(30)26(21)14-16-9-7-8-10-18(16)31-5/h7-13,21,27-28H,6,14H2,1-5H3. The number of hydrogen-bond acceptors (Lipinski definition) is 6. The largest absolute Gasteiger partial charge is 0.504 e. The van der Waals surface area contributed by atoms with Crippen molar-refractivity contribution in [2.24, 2.45) is 5.41 Å². The molecule has 1 atom stereocenters. The van der Waals surface area contributed by atoms with E-state index < -0.39 is 23.1 Å². The lowest BCUT2D eigenvalue weighted by atomic mass is 9.82. The number of methoxy groups -OCH3 is 1. The van der Waals surface area contributed by atoms with Crippen LogP contribution in [0, 0.1) is 5.41 Å². The summed E-state index contributed by atoms with van der Waals surface area (Å²) in [6.07, 6.45) is 0. The number of hydrogen-bond donors (Lipinski definition) is 2. The number of amides is 1. The van der Waals surface area contributed by atoms with Crippen LogP contribution < -0.4 is 9.47 Å². The van der Waals surface area contributed by atoms with Crippen molar-refractivity contribution in [3.05, 3.63) is 64.9 Å². The summed E-state index contributed by atoms with van der Waals surface area (Å²) in [5.74, 6) is -0.746. The predicted molar refractivity (Wildman–Crippen MR) is 120 cm³/mol. The highest BCUT2D eigenvalue weighted by atomic mass is 16.5. The Bertz CT molecular complexity index is 1070. The molecule has 1 aliphatic heterocycles. The topological polar surface area (TPSA) is 96.3 Å². The van der Waals surface area contributed by atoms with E-state index in [-0.39, 0.29) is 29.4 Å². The van der Waals surface area contributed by atoms with Crippen molar-refractivity contribution >= 4 is 11.7 Å². The van der Waals surface area contributed by atoms with E-state index in [1.54, 1.807) is 53.0 Å². The molecular formula is C25H29NO6. The molecule has 0 radical (unpaired) electrons. The Kier molecular flexibility index (Phi) is 6.48. The molecule has 0 saturated carbocycles. The number of aliphatic hydroxyl groups is 1. The van der Waals surface area contributed by atoms with Crippen LogP contribution in [0.5, 0.6) is 17.2 Å². The van der Waals surface area contributed by atoms with Crippen LogP contribution in [0.4, 0.5) is 0 Å². The SMILES string of the molecule is CCOc1cc(C2C(C(=O)C(C)(C)C)=C(O)C(=O)N2Cc2ccccc2OC)ccc1O. The normalized spacial score (nSPS) is 16.5. The van der Waals surface area contributed by atoms with Crippen LogP contribution >= 0.6 is 0 Å². The quantitative estimate of drug-likeness (QED) is 0.667. The van der Waals surface area contributed by atoms with E-state index in [1.807, 2.05) is 18.2 Å². The third-order valence-electron chi connectivity index (χ3n) is 5.36. The first-order chi connectivity index (χ1) is 15.1. The van der Waals surface area contributed by atoms with Gasteiger partial charge in [0.25, 0.3) is 5.91 Å². The van der Waals surface area contributed by atoms with Gasteiger partial charge in [-0.3, -0.25) is 9.59 Å². The van der Waals surface area contributed by atoms with Gasteiger partial charge in [0.15, 0.2) is 23.0 Å². The molecule has 0 saturated heterocycles. The average molecular weight is 440 g/mol. The molecule has 0 bridgehead atoms. The number of carbonyl (C=O) groups is 2. The predicted octanol–water partition coefficient (Wildman–Crippen LogP) is 4.31. The van der Waals surface area contributed by atoms with Crippen molar-refractivity contribution in [3.63, 3.8) is 0 Å². The van der Waals surface area contributed by atoms with Crippen LogP contribution in [-0.2, 0) is 16.1 Å². The van der Waals surface area contributed by atoms with Gasteiger partial charge in [0.05, 0.1) is 31.9 Å². The van der Waals surface area contributed by atoms with Crippen molar-refractivity contribution in [3.8, 4) is 17.2 Å². The Labute approximate surface area is 187 Å². The van der Waals surface area contributed by atoms with E-state index in [0.29, 0.717) is 17.9 Å². The van der Waals surface area contributed by atoms with E-state index in [2.05, 4.69) is 0 Å². The number of Topliss-reactive ketones (excluding diaryl/α,β-unsaturated/α-hetero) is 1. The van der Waals surface area contributed by atoms with Gasteiger partial charge in [-0.2, -0.15) is 0 Å². The van der Waals surface area contributed by atoms with E-state index in [4.69, 9.17) is 9.47 Å². The van der Waals surface area contributed by atoms with Gasteiger partial charge < -0.3 is 24.6 Å². The minimum absolute atomic E-state index is 0.0329. The van der Waals surface area contributed by atoms with Crippen molar-refractivity contribution in [2.75, 3.05) is 13.7 Å². The summed E-state index contributed by atoms with van der Waals surface area (Å²) < 4.78 is 10.9. The van der Waals surface area contributed by atoms with Crippen LogP contribution in [-0.4, -0.2) is 40.5 Å². The number of benzene rings is 2. The maximum atomic E-state index is 13.3. The molecule has 7 nitrogen and oxygen atoms in total. The van der Waals surface area contributed by atoms with Gasteiger partial charge in [0.2, 0.25) is 0 Å². The van der Waals surface area contributed by atoms with Gasteiger partial charge >= 0.3 is 0 Å². The van der Waals surface area contributed by atoms with Crippen LogP contribution in [0.15, 0.2) is 53.8 Å². The third kappa shape index (κ3) is 4.28. The molecule has 1 amide bonds. The fraction of sp³-hybridized carbons (Fsp3) is 0.360. The van der Waals surface area contributed by atoms with Gasteiger partial charge in [-0.15, -0.1) is 0 Å². The van der Waals surface area contributed by atoms with E-state index in [0.717, 1.165) is 5.56 Å². The number of aromatic hydroxyl groups is 1. The van der Waals surface area contributed by atoms with E-state index in [9.17, 15) is 19.8 Å². The summed E-state index contributed by atoms with van der Waals surface area (Å²) in [7, 11) is 1.54. The summed E-state index contributed by atoms with van der Waals surface area (Å²) in [5.41, 5.74) is 0.494. The zero-order valence-electron chi connectivity index (χ0n) is 19.0. The van der Waals surface area contributed by atoms with Crippen LogP contribution in [0.1, 0.15) is 44.9 Å². The maximum Gasteiger partial charge on any atom is 0.290 e. The van der Waals surface area contributed by atoms with E-state index in [1.165, 1.54) is 11.0 Å². The number of phenolic OH excluding ortho intramolecular Hbond substituents is 1. The molecule has 2 aromatic rings. The number of ketones is 1. The average Bonchev–Trinajstić information content (AvgIpc) is 2.99. The lowest BCUT2D eigenvalue weighted by Crippen LogP contribution is -2.32. The first kappa shape index (κ1) is 23.2. The molecule has 0 spiro atoms. The van der Waals surface area contributed by atoms with Crippen LogP contribution in [0.2, 0.25) is 0 Å². The molecule has 0 aromatic heterocycles. The second-order valence-electron chi connectivity index (χ2n) is 8.65. The lowest BCUT2D eigenvalue weighted by molar-refractivity contribution is -0.130. The first-order valence-corrected chi connectivity index (χ1v) is 10.5. The smallest absolute Gasteiger partial charge is 0.290 e. The van der Waals surface area contributed by atoms with E-state index >= 15 is 0 Å². The van der Waals surface area contributed by atoms with Crippen LogP contribution in [0.3, 0.4) is 0 Å². The van der Waals surface area contributed by atoms with Gasteiger partial charge in [0, 0.05) is 11.0 Å². The number of ether oxygens (including phenoxy) is 2. The van der Waals surface area contributed by atoms with Crippen molar-refractivity contribution in [1.29, 1.82) is 0 Å². The number of aliphatic hydroxyl groups excluding tert-OH is 1. The second-order valence-corrected chi connectivity index (χ2v) is 8.65. The highest BCUT2D eigenvalue weighted by Crippen LogP contribution is 2.44. The number of para-hydroxylation sites is 1. The van der Waals surface area contributed by atoms with Gasteiger partial charge in [-0.05, 0) is 30.7 Å². The van der Waals surface area contributed by atoms with Gasteiger partial charge in [-0.25, -0.2) is 0 Å². The molecule has 3 rings (SSSR count). The Morgan fingerprint density at radius 1 is 1.09 bits per heavy atom. The lowest BCUT2D eigenvalue weighted by Gasteiger charge is -2.29. The molecule has 0 fully saturated rings. The zero-order chi connectivity index (χ0) is 23.6. The summed E-state index contributed by atoms with van der Waals surface area (Å²) in [4.78, 5) is 27.9. The molecule has 7 heteroatoms. The summed E-state index contributed by atoms with van der Waals surface area (Å²) in [6, 6.07) is 11.1. The number of nitrogens with zero attached hydrogens (tertiary/aromatic N) is 1. The summed E-state index contributed by atoms with van der Waals surface area (Å²) in [6.45, 7) is 7.46. The third-order valence-corrected chi connectivity index (χ3v) is 5.36. The van der Waals surface area contributed by atoms with Gasteiger partial charge in [0.1, 0.15) is 5.75 Å². The molecule has 32 heavy (non-hydrogen) atoms.